The zero-order chi connectivity index (χ0) is 27.4. The fourth-order valence-corrected chi connectivity index (χ4v) is 5.66. The average Bonchev–Trinajstić information content (AvgIpc) is 3.20. The SMILES string of the molecule is Cn1c(=O)n(CCCOPI)c(=O)c2c1nc(Sc1cccc(OC(F)(F)F)c1)n2Cc1ccc(Cl)cc1. The maximum Gasteiger partial charge on any atom is 0.573 e. The van der Waals surface area contributed by atoms with Crippen LogP contribution in [0.15, 0.2) is 68.2 Å². The Hall–Kier alpha value is -2.06. The van der Waals surface area contributed by atoms with Crippen LogP contribution in [0.25, 0.3) is 11.2 Å². The number of benzene rings is 2. The highest BCUT2D eigenvalue weighted by Gasteiger charge is 2.31. The topological polar surface area (TPSA) is 80.3 Å². The minimum atomic E-state index is -4.84. The van der Waals surface area contributed by atoms with Gasteiger partial charge in [-0.2, -0.15) is 0 Å². The summed E-state index contributed by atoms with van der Waals surface area (Å²) in [5, 5.41) is 0.859. The lowest BCUT2D eigenvalue weighted by molar-refractivity contribution is -0.274. The second kappa shape index (κ2) is 12.4. The summed E-state index contributed by atoms with van der Waals surface area (Å²) in [6.45, 7) is 1.04. The van der Waals surface area contributed by atoms with E-state index in [4.69, 9.17) is 16.1 Å². The van der Waals surface area contributed by atoms with Crippen LogP contribution in [0.5, 0.6) is 5.75 Å². The third kappa shape index (κ3) is 6.92. The molecule has 0 radical (unpaired) electrons. The molecule has 0 fully saturated rings. The minimum absolute atomic E-state index is 0.161. The van der Waals surface area contributed by atoms with Crippen molar-refractivity contribution in [2.75, 3.05) is 6.61 Å². The molecule has 2 heterocycles. The van der Waals surface area contributed by atoms with Gasteiger partial charge in [-0.15, -0.1) is 13.2 Å². The van der Waals surface area contributed by atoms with Gasteiger partial charge >= 0.3 is 12.1 Å². The zero-order valence-electron chi connectivity index (χ0n) is 19.7. The Balaban J connectivity index is 1.83. The molecule has 0 spiro atoms. The number of rotatable bonds is 10. The molecule has 0 aliphatic heterocycles. The highest BCUT2D eigenvalue weighted by molar-refractivity contribution is 14.2. The van der Waals surface area contributed by atoms with Crippen LogP contribution >= 0.6 is 51.9 Å². The van der Waals surface area contributed by atoms with E-state index >= 15 is 0 Å². The van der Waals surface area contributed by atoms with E-state index < -0.39 is 17.6 Å². The summed E-state index contributed by atoms with van der Waals surface area (Å²) in [7, 11) is 1.52. The molecule has 0 aliphatic carbocycles. The predicted molar refractivity (Wildman–Crippen MR) is 150 cm³/mol. The third-order valence-electron chi connectivity index (χ3n) is 5.38. The molecule has 0 amide bonds. The number of imidazole rings is 1. The Morgan fingerprint density at radius 3 is 2.55 bits per heavy atom. The van der Waals surface area contributed by atoms with Crippen LogP contribution in [-0.4, -0.2) is 31.7 Å². The number of alkyl halides is 3. The molecule has 38 heavy (non-hydrogen) atoms. The van der Waals surface area contributed by atoms with E-state index in [-0.39, 0.29) is 36.5 Å². The summed E-state index contributed by atoms with van der Waals surface area (Å²) in [6.07, 6.45) is -4.37. The van der Waals surface area contributed by atoms with Crippen molar-refractivity contribution in [2.45, 2.75) is 35.9 Å². The molecule has 4 rings (SSSR count). The lowest BCUT2D eigenvalue weighted by atomic mass is 10.2. The number of hydrogen-bond acceptors (Lipinski definition) is 6. The molecule has 0 aliphatic rings. The van der Waals surface area contributed by atoms with Gasteiger partial charge in [0.25, 0.3) is 5.56 Å². The van der Waals surface area contributed by atoms with Crippen LogP contribution in [0.3, 0.4) is 0 Å². The summed E-state index contributed by atoms with van der Waals surface area (Å²) in [5.74, 6) is -0.382. The largest absolute Gasteiger partial charge is 0.573 e. The van der Waals surface area contributed by atoms with Gasteiger partial charge in [0, 0.05) is 23.5 Å². The second-order valence-corrected chi connectivity index (χ2v) is 11.2. The van der Waals surface area contributed by atoms with Crippen LogP contribution < -0.4 is 16.0 Å². The van der Waals surface area contributed by atoms with Crippen molar-refractivity contribution in [2.24, 2.45) is 7.05 Å². The average molecular weight is 699 g/mol. The molecule has 8 nitrogen and oxygen atoms in total. The molecule has 0 saturated heterocycles. The standard InChI is InChI=1S/C23H20ClF3IN4O4PS/c1-30-19-18(20(33)31(22(30)34)10-3-11-35-37-28)32(13-14-6-8-15(24)9-7-14)21(29-19)38-17-5-2-4-16(12-17)36-23(25,26)27/h2,4-9,12,37H,3,10-11,13H2,1H3. The number of hydrogen-bond donors (Lipinski definition) is 0. The summed E-state index contributed by atoms with van der Waals surface area (Å²) in [4.78, 5) is 31.6. The summed E-state index contributed by atoms with van der Waals surface area (Å²) in [5.41, 5.74) is 0.139. The number of fused-ring (bicyclic) bond motifs is 1. The summed E-state index contributed by atoms with van der Waals surface area (Å²) < 4.78 is 51.7. The van der Waals surface area contributed by atoms with Gasteiger partial charge in [0.05, 0.1) is 19.6 Å². The molecule has 0 bridgehead atoms. The van der Waals surface area contributed by atoms with E-state index in [0.29, 0.717) is 28.1 Å². The van der Waals surface area contributed by atoms with E-state index in [0.717, 1.165) is 21.9 Å². The van der Waals surface area contributed by atoms with Crippen molar-refractivity contribution in [1.82, 2.24) is 18.7 Å². The normalized spacial score (nSPS) is 12.2. The zero-order valence-corrected chi connectivity index (χ0v) is 24.4. The fraction of sp³-hybridized carbons (Fsp3) is 0.261. The van der Waals surface area contributed by atoms with Gasteiger partial charge in [0.15, 0.2) is 16.3 Å². The molecule has 0 saturated carbocycles. The molecule has 4 aromatic rings. The molecule has 1 unspecified atom stereocenters. The minimum Gasteiger partial charge on any atom is -0.406 e. The van der Waals surface area contributed by atoms with E-state index in [9.17, 15) is 22.8 Å². The fourth-order valence-electron chi connectivity index (χ4n) is 3.72. The van der Waals surface area contributed by atoms with Crippen molar-refractivity contribution >= 4 is 63.0 Å². The maximum absolute atomic E-state index is 13.6. The smallest absolute Gasteiger partial charge is 0.406 e. The van der Waals surface area contributed by atoms with Gasteiger partial charge in [0.2, 0.25) is 0 Å². The van der Waals surface area contributed by atoms with Crippen LogP contribution in [-0.2, 0) is 24.7 Å². The predicted octanol–water partition coefficient (Wildman–Crippen LogP) is 6.00. The van der Waals surface area contributed by atoms with Crippen molar-refractivity contribution in [3.63, 3.8) is 0 Å². The van der Waals surface area contributed by atoms with E-state index in [2.05, 4.69) is 31.8 Å². The number of aryl methyl sites for hydroxylation is 1. The summed E-state index contributed by atoms with van der Waals surface area (Å²) in [6, 6.07) is 12.5. The number of nitrogens with zero attached hydrogens (tertiary/aromatic N) is 4. The quantitative estimate of drug-likeness (QED) is 0.115. The molecule has 0 N–H and O–H groups in total. The van der Waals surface area contributed by atoms with Gasteiger partial charge in [-0.25, -0.2) is 9.78 Å². The highest BCUT2D eigenvalue weighted by Crippen LogP contribution is 2.33. The number of aromatic nitrogens is 4. The summed E-state index contributed by atoms with van der Waals surface area (Å²) >= 11 is 9.17. The lowest BCUT2D eigenvalue weighted by Crippen LogP contribution is -2.40. The van der Waals surface area contributed by atoms with Gasteiger partial charge in [0.1, 0.15) is 5.75 Å². The first kappa shape index (κ1) is 28.9. The Kier molecular flexibility index (Phi) is 9.45. The van der Waals surface area contributed by atoms with Crippen LogP contribution in [0.4, 0.5) is 13.2 Å². The van der Waals surface area contributed by atoms with Crippen LogP contribution in [0.1, 0.15) is 12.0 Å². The molecule has 1 atom stereocenters. The Labute approximate surface area is 238 Å². The second-order valence-electron chi connectivity index (χ2n) is 7.98. The molecular weight excluding hydrogens is 679 g/mol. The van der Waals surface area contributed by atoms with Crippen LogP contribution in [0, 0.1) is 0 Å². The van der Waals surface area contributed by atoms with Gasteiger partial charge in [-0.05, 0) is 64.4 Å². The maximum atomic E-state index is 13.6. The third-order valence-corrected chi connectivity index (χ3v) is 7.87. The number of halogens is 5. The first-order valence-electron chi connectivity index (χ1n) is 11.0. The van der Waals surface area contributed by atoms with Gasteiger partial charge < -0.3 is 13.8 Å². The lowest BCUT2D eigenvalue weighted by Gasteiger charge is -2.12. The van der Waals surface area contributed by atoms with Crippen molar-refractivity contribution in [1.29, 1.82) is 0 Å². The van der Waals surface area contributed by atoms with Crippen molar-refractivity contribution in [3.8, 4) is 5.75 Å². The molecule has 2 aromatic heterocycles. The van der Waals surface area contributed by atoms with Crippen molar-refractivity contribution < 1.29 is 22.4 Å². The Bertz CT molecular complexity index is 1560. The van der Waals surface area contributed by atoms with Gasteiger partial charge in [-0.3, -0.25) is 13.9 Å². The van der Waals surface area contributed by atoms with Gasteiger partial charge in [-0.1, -0.05) is 41.6 Å². The monoisotopic (exact) mass is 698 g/mol. The highest BCUT2D eigenvalue weighted by atomic mass is 127. The Morgan fingerprint density at radius 2 is 1.87 bits per heavy atom. The van der Waals surface area contributed by atoms with E-state index in [1.54, 1.807) is 34.9 Å². The molecular formula is C23H20ClF3IN4O4PS. The van der Waals surface area contributed by atoms with E-state index in [1.807, 2.05) is 0 Å². The number of ether oxygens (including phenoxy) is 1. The van der Waals surface area contributed by atoms with E-state index in [1.165, 1.54) is 29.8 Å². The molecule has 202 valence electrons. The molecule has 15 heteroatoms. The van der Waals surface area contributed by atoms with Crippen LogP contribution in [0.2, 0.25) is 5.02 Å². The first-order valence-corrected chi connectivity index (χ1v) is 16.2. The Morgan fingerprint density at radius 1 is 1.13 bits per heavy atom. The molecule has 2 aromatic carbocycles. The van der Waals surface area contributed by atoms with Crippen molar-refractivity contribution in [3.05, 3.63) is 80.0 Å². The first-order chi connectivity index (χ1) is 18.1.